The van der Waals surface area contributed by atoms with Crippen LogP contribution in [-0.2, 0) is 4.74 Å². The second-order valence-corrected chi connectivity index (χ2v) is 5.23. The minimum atomic E-state index is 0.336. The molecule has 0 aromatic rings. The van der Waals surface area contributed by atoms with Crippen molar-refractivity contribution in [1.29, 1.82) is 0 Å². The van der Waals surface area contributed by atoms with E-state index in [1.165, 1.54) is 6.42 Å². The van der Waals surface area contributed by atoms with Gasteiger partial charge in [0.2, 0.25) is 0 Å². The standard InChI is InChI=1S/C14H32N2O/c1-7-13(5)14(15-8-2)11-16(6)9-10-17-12(3)4/h12-15H,7-11H2,1-6H3. The van der Waals surface area contributed by atoms with Gasteiger partial charge in [-0.1, -0.05) is 27.2 Å². The molecule has 104 valence electrons. The molecule has 0 heterocycles. The Morgan fingerprint density at radius 1 is 1.18 bits per heavy atom. The lowest BCUT2D eigenvalue weighted by Gasteiger charge is -2.29. The van der Waals surface area contributed by atoms with E-state index in [0.717, 1.165) is 32.2 Å². The van der Waals surface area contributed by atoms with Crippen LogP contribution in [-0.4, -0.2) is 50.3 Å². The lowest BCUT2D eigenvalue weighted by atomic mass is 9.99. The molecule has 3 heteroatoms. The Kier molecular flexibility index (Phi) is 9.79. The number of nitrogens with zero attached hydrogens (tertiary/aromatic N) is 1. The van der Waals surface area contributed by atoms with Gasteiger partial charge in [-0.15, -0.1) is 0 Å². The highest BCUT2D eigenvalue weighted by atomic mass is 16.5. The van der Waals surface area contributed by atoms with Gasteiger partial charge >= 0.3 is 0 Å². The Morgan fingerprint density at radius 3 is 2.29 bits per heavy atom. The zero-order valence-electron chi connectivity index (χ0n) is 12.6. The average Bonchev–Trinajstić information content (AvgIpc) is 2.27. The third-order valence-corrected chi connectivity index (χ3v) is 3.23. The van der Waals surface area contributed by atoms with Gasteiger partial charge in [-0.2, -0.15) is 0 Å². The van der Waals surface area contributed by atoms with Crippen LogP contribution in [0.1, 0.15) is 41.0 Å². The van der Waals surface area contributed by atoms with Crippen molar-refractivity contribution >= 4 is 0 Å². The molecule has 0 bridgehead atoms. The van der Waals surface area contributed by atoms with Crippen LogP contribution >= 0.6 is 0 Å². The summed E-state index contributed by atoms with van der Waals surface area (Å²) >= 11 is 0. The van der Waals surface area contributed by atoms with Gasteiger partial charge in [0, 0.05) is 19.1 Å². The molecular weight excluding hydrogens is 212 g/mol. The topological polar surface area (TPSA) is 24.5 Å². The van der Waals surface area contributed by atoms with Gasteiger partial charge in [0.1, 0.15) is 0 Å². The van der Waals surface area contributed by atoms with Crippen molar-refractivity contribution in [2.45, 2.75) is 53.2 Å². The van der Waals surface area contributed by atoms with Gasteiger partial charge in [0.25, 0.3) is 0 Å². The highest BCUT2D eigenvalue weighted by Crippen LogP contribution is 2.08. The maximum atomic E-state index is 5.58. The molecule has 0 aromatic heterocycles. The molecule has 0 aliphatic rings. The number of rotatable bonds is 10. The van der Waals surface area contributed by atoms with Gasteiger partial charge in [-0.3, -0.25) is 0 Å². The number of likely N-dealkylation sites (N-methyl/N-ethyl adjacent to an activating group) is 2. The second-order valence-electron chi connectivity index (χ2n) is 5.23. The minimum Gasteiger partial charge on any atom is -0.377 e. The van der Waals surface area contributed by atoms with Crippen molar-refractivity contribution in [3.05, 3.63) is 0 Å². The summed E-state index contributed by atoms with van der Waals surface area (Å²) in [5.74, 6) is 0.725. The number of nitrogens with one attached hydrogen (secondary N) is 1. The van der Waals surface area contributed by atoms with Crippen LogP contribution in [0.5, 0.6) is 0 Å². The van der Waals surface area contributed by atoms with Crippen LogP contribution in [0.25, 0.3) is 0 Å². The molecule has 0 aromatic carbocycles. The van der Waals surface area contributed by atoms with Crippen LogP contribution in [0, 0.1) is 5.92 Å². The van der Waals surface area contributed by atoms with Gasteiger partial charge in [0.05, 0.1) is 12.7 Å². The maximum absolute atomic E-state index is 5.58. The van der Waals surface area contributed by atoms with Crippen LogP contribution in [0.15, 0.2) is 0 Å². The molecule has 0 fully saturated rings. The molecule has 0 spiro atoms. The first-order valence-electron chi connectivity index (χ1n) is 7.04. The summed E-state index contributed by atoms with van der Waals surface area (Å²) in [5.41, 5.74) is 0. The molecule has 0 amide bonds. The first-order chi connectivity index (χ1) is 8.01. The number of hydrogen-bond acceptors (Lipinski definition) is 3. The lowest BCUT2D eigenvalue weighted by Crippen LogP contribution is -2.44. The summed E-state index contributed by atoms with van der Waals surface area (Å²) in [4.78, 5) is 2.36. The summed E-state index contributed by atoms with van der Waals surface area (Å²) in [7, 11) is 2.18. The van der Waals surface area contributed by atoms with E-state index in [1.807, 2.05) is 0 Å². The third kappa shape index (κ3) is 8.58. The molecule has 2 unspecified atom stereocenters. The van der Waals surface area contributed by atoms with E-state index in [0.29, 0.717) is 12.1 Å². The van der Waals surface area contributed by atoms with Crippen molar-refractivity contribution in [3.63, 3.8) is 0 Å². The summed E-state index contributed by atoms with van der Waals surface area (Å²) in [6.45, 7) is 14.9. The first kappa shape index (κ1) is 16.9. The van der Waals surface area contributed by atoms with Gasteiger partial charge in [-0.05, 0) is 33.4 Å². The van der Waals surface area contributed by atoms with Crippen molar-refractivity contribution in [3.8, 4) is 0 Å². The van der Waals surface area contributed by atoms with Crippen molar-refractivity contribution in [2.75, 3.05) is 33.3 Å². The fraction of sp³-hybridized carbons (Fsp3) is 1.00. The van der Waals surface area contributed by atoms with Crippen molar-refractivity contribution < 1.29 is 4.74 Å². The van der Waals surface area contributed by atoms with Gasteiger partial charge < -0.3 is 15.0 Å². The van der Waals surface area contributed by atoms with Gasteiger partial charge in [-0.25, -0.2) is 0 Å². The Labute approximate surface area is 108 Å². The normalized spacial score (nSPS) is 15.5. The molecule has 0 aliphatic heterocycles. The second kappa shape index (κ2) is 9.86. The van der Waals surface area contributed by atoms with Crippen LogP contribution in [0.4, 0.5) is 0 Å². The molecule has 3 nitrogen and oxygen atoms in total. The van der Waals surface area contributed by atoms with Crippen molar-refractivity contribution in [2.24, 2.45) is 5.92 Å². The Hall–Kier alpha value is -0.120. The monoisotopic (exact) mass is 244 g/mol. The highest BCUT2D eigenvalue weighted by molar-refractivity contribution is 4.75. The predicted octanol–water partition coefficient (Wildman–Crippen LogP) is 2.37. The van der Waals surface area contributed by atoms with Gasteiger partial charge in [0.15, 0.2) is 0 Å². The van der Waals surface area contributed by atoms with Crippen LogP contribution < -0.4 is 5.32 Å². The Bertz CT molecular complexity index is 174. The summed E-state index contributed by atoms with van der Waals surface area (Å²) in [6.07, 6.45) is 1.57. The average molecular weight is 244 g/mol. The minimum absolute atomic E-state index is 0.336. The van der Waals surface area contributed by atoms with E-state index in [4.69, 9.17) is 4.74 Å². The van der Waals surface area contributed by atoms with Crippen LogP contribution in [0.3, 0.4) is 0 Å². The molecular formula is C14H32N2O. The number of ether oxygens (including phenoxy) is 1. The summed E-state index contributed by atoms with van der Waals surface area (Å²) in [5, 5.41) is 3.58. The van der Waals surface area contributed by atoms with Crippen molar-refractivity contribution in [1.82, 2.24) is 10.2 Å². The molecule has 0 radical (unpaired) electrons. The first-order valence-corrected chi connectivity index (χ1v) is 7.04. The predicted molar refractivity (Wildman–Crippen MR) is 75.5 cm³/mol. The molecule has 0 saturated heterocycles. The fourth-order valence-corrected chi connectivity index (χ4v) is 1.86. The highest BCUT2D eigenvalue weighted by Gasteiger charge is 2.16. The fourth-order valence-electron chi connectivity index (χ4n) is 1.86. The lowest BCUT2D eigenvalue weighted by molar-refractivity contribution is 0.0610. The smallest absolute Gasteiger partial charge is 0.0596 e. The SMILES string of the molecule is CCNC(CN(C)CCOC(C)C)C(C)CC. The van der Waals surface area contributed by atoms with E-state index >= 15 is 0 Å². The summed E-state index contributed by atoms with van der Waals surface area (Å²) < 4.78 is 5.58. The zero-order chi connectivity index (χ0) is 13.3. The zero-order valence-corrected chi connectivity index (χ0v) is 12.6. The maximum Gasteiger partial charge on any atom is 0.0596 e. The van der Waals surface area contributed by atoms with Crippen LogP contribution in [0.2, 0.25) is 0 Å². The van der Waals surface area contributed by atoms with E-state index in [2.05, 4.69) is 51.9 Å². The molecule has 0 saturated carbocycles. The Morgan fingerprint density at radius 2 is 1.82 bits per heavy atom. The van der Waals surface area contributed by atoms with E-state index in [-0.39, 0.29) is 0 Å². The molecule has 0 rings (SSSR count). The molecule has 0 aliphatic carbocycles. The number of hydrogen-bond donors (Lipinski definition) is 1. The largest absolute Gasteiger partial charge is 0.377 e. The Balaban J connectivity index is 3.90. The quantitative estimate of drug-likeness (QED) is 0.638. The molecule has 2 atom stereocenters. The van der Waals surface area contributed by atoms with E-state index < -0.39 is 0 Å². The third-order valence-electron chi connectivity index (χ3n) is 3.23. The summed E-state index contributed by atoms with van der Waals surface area (Å²) in [6, 6.07) is 0.592. The molecule has 17 heavy (non-hydrogen) atoms. The molecule has 1 N–H and O–H groups in total. The van der Waals surface area contributed by atoms with E-state index in [1.54, 1.807) is 0 Å². The van der Waals surface area contributed by atoms with E-state index in [9.17, 15) is 0 Å².